The molecule has 0 unspecified atom stereocenters. The second-order valence-corrected chi connectivity index (χ2v) is 6.80. The summed E-state index contributed by atoms with van der Waals surface area (Å²) in [7, 11) is 0. The van der Waals surface area contributed by atoms with Crippen molar-refractivity contribution in [1.82, 2.24) is 5.32 Å². The summed E-state index contributed by atoms with van der Waals surface area (Å²) in [6.07, 6.45) is -1.16. The maximum atomic E-state index is 14.2. The summed E-state index contributed by atoms with van der Waals surface area (Å²) in [6.45, 7) is 5.56. The van der Waals surface area contributed by atoms with E-state index >= 15 is 0 Å². The molecule has 23 heavy (non-hydrogen) atoms. The van der Waals surface area contributed by atoms with Gasteiger partial charge in [0, 0.05) is 5.92 Å². The number of hydrogen-bond donors (Lipinski definition) is 1. The fourth-order valence-electron chi connectivity index (χ4n) is 2.42. The first-order valence-corrected chi connectivity index (χ1v) is 7.18. The van der Waals surface area contributed by atoms with Gasteiger partial charge >= 0.3 is 12.0 Å². The minimum absolute atomic E-state index is 0.231. The van der Waals surface area contributed by atoms with Crippen molar-refractivity contribution in [3.05, 3.63) is 0 Å². The fourth-order valence-corrected chi connectivity index (χ4v) is 2.42. The average molecular weight is 334 g/mol. The lowest BCUT2D eigenvalue weighted by molar-refractivity contribution is -0.136. The van der Waals surface area contributed by atoms with Crippen LogP contribution in [-0.2, 0) is 19.0 Å². The number of aliphatic imine (C=N–C) groups is 1. The molecule has 2 rings (SSSR count). The molecular weight excluding hydrogens is 314 g/mol. The van der Waals surface area contributed by atoms with Crippen LogP contribution in [0.2, 0.25) is 0 Å². The minimum Gasteiger partial charge on any atom is -0.464 e. The van der Waals surface area contributed by atoms with Gasteiger partial charge in [0.1, 0.15) is 17.2 Å². The van der Waals surface area contributed by atoms with Crippen LogP contribution in [0.1, 0.15) is 34.1 Å². The third-order valence-corrected chi connectivity index (χ3v) is 3.76. The third-order valence-electron chi connectivity index (χ3n) is 3.76. The summed E-state index contributed by atoms with van der Waals surface area (Å²) in [4.78, 5) is 25.9. The Morgan fingerprint density at radius 1 is 1.48 bits per heavy atom. The number of carbonyl (C=O) groups excluding carboxylic acids is 2. The van der Waals surface area contributed by atoms with E-state index in [1.54, 1.807) is 20.8 Å². The largest absolute Gasteiger partial charge is 0.464 e. The molecule has 0 spiro atoms. The Balaban J connectivity index is 2.13. The van der Waals surface area contributed by atoms with Crippen LogP contribution in [0.4, 0.5) is 13.6 Å². The summed E-state index contributed by atoms with van der Waals surface area (Å²) >= 11 is 0. The Hall–Kier alpha value is -1.93. The smallest absolute Gasteiger partial charge is 0.415 e. The summed E-state index contributed by atoms with van der Waals surface area (Å²) in [5.41, 5.74) is -2.57. The van der Waals surface area contributed by atoms with Gasteiger partial charge in [0.15, 0.2) is 6.61 Å². The van der Waals surface area contributed by atoms with Gasteiger partial charge in [-0.15, -0.1) is 0 Å². The van der Waals surface area contributed by atoms with Crippen molar-refractivity contribution in [3.63, 3.8) is 0 Å². The number of hydrogen-bond acceptors (Lipinski definition) is 6. The molecule has 0 aromatic carbocycles. The van der Waals surface area contributed by atoms with Gasteiger partial charge in [0.2, 0.25) is 0 Å². The second kappa shape index (κ2) is 5.61. The van der Waals surface area contributed by atoms with E-state index in [1.807, 2.05) is 0 Å². The zero-order chi connectivity index (χ0) is 17.5. The van der Waals surface area contributed by atoms with E-state index in [2.05, 4.69) is 10.3 Å². The maximum absolute atomic E-state index is 14.2. The number of nitrogens with one attached hydrogen (secondary N) is 1. The van der Waals surface area contributed by atoms with Crippen LogP contribution in [-0.4, -0.2) is 48.4 Å². The Bertz CT molecular complexity index is 532. The molecular formula is C14H20F2N2O5. The lowest BCUT2D eigenvalue weighted by Crippen LogP contribution is -2.56. The molecule has 0 radical (unpaired) electrons. The zero-order valence-corrected chi connectivity index (χ0v) is 13.4. The second-order valence-electron chi connectivity index (χ2n) is 6.80. The average Bonchev–Trinajstić information content (AvgIpc) is 3.12. The predicted molar refractivity (Wildman–Crippen MR) is 75.2 cm³/mol. The highest BCUT2D eigenvalue weighted by Crippen LogP contribution is 2.52. The Labute approximate surface area is 132 Å². The Morgan fingerprint density at radius 2 is 2.13 bits per heavy atom. The van der Waals surface area contributed by atoms with Crippen LogP contribution in [0.15, 0.2) is 4.99 Å². The highest BCUT2D eigenvalue weighted by atomic mass is 19.3. The first-order valence-electron chi connectivity index (χ1n) is 7.18. The number of alkyl carbamates (subject to hydrolysis) is 1. The minimum atomic E-state index is -3.25. The quantitative estimate of drug-likeness (QED) is 0.796. The number of nitrogens with zero attached hydrogens (tertiary/aromatic N) is 1. The molecule has 0 aromatic heterocycles. The Morgan fingerprint density at radius 3 is 2.70 bits per heavy atom. The van der Waals surface area contributed by atoms with Gasteiger partial charge in [-0.25, -0.2) is 23.9 Å². The molecule has 9 heteroatoms. The van der Waals surface area contributed by atoms with Crippen molar-refractivity contribution in [1.29, 1.82) is 0 Å². The number of halogens is 2. The predicted octanol–water partition coefficient (Wildman–Crippen LogP) is 1.85. The molecule has 1 amide bonds. The molecule has 7 nitrogen and oxygen atoms in total. The number of amides is 1. The summed E-state index contributed by atoms with van der Waals surface area (Å²) < 4.78 is 43.0. The van der Waals surface area contributed by atoms with E-state index < -0.39 is 41.8 Å². The lowest BCUT2D eigenvalue weighted by Gasteiger charge is -2.38. The molecule has 1 aliphatic carbocycles. The van der Waals surface area contributed by atoms with Crippen molar-refractivity contribution in [3.8, 4) is 0 Å². The summed E-state index contributed by atoms with van der Waals surface area (Å²) in [5.74, 6) is -3.89. The van der Waals surface area contributed by atoms with Crippen molar-refractivity contribution >= 4 is 18.6 Å². The van der Waals surface area contributed by atoms with Gasteiger partial charge in [-0.2, -0.15) is 0 Å². The number of rotatable bonds is 3. The van der Waals surface area contributed by atoms with Crippen molar-refractivity contribution in [2.24, 2.45) is 10.9 Å². The van der Waals surface area contributed by atoms with Crippen molar-refractivity contribution in [2.45, 2.75) is 57.3 Å². The van der Waals surface area contributed by atoms with Gasteiger partial charge in [0.25, 0.3) is 12.5 Å². The molecule has 1 aliphatic heterocycles. The van der Waals surface area contributed by atoms with Crippen LogP contribution in [0.5, 0.6) is 0 Å². The van der Waals surface area contributed by atoms with E-state index in [-0.39, 0.29) is 18.9 Å². The normalized spacial score (nSPS) is 32.2. The highest BCUT2D eigenvalue weighted by molar-refractivity contribution is 5.91. The van der Waals surface area contributed by atoms with Crippen LogP contribution >= 0.6 is 0 Å². The molecule has 2 aliphatic rings. The van der Waals surface area contributed by atoms with Crippen LogP contribution < -0.4 is 5.32 Å². The van der Waals surface area contributed by atoms with Gasteiger partial charge in [-0.3, -0.25) is 4.79 Å². The number of ether oxygens (including phenoxy) is 3. The van der Waals surface area contributed by atoms with E-state index in [0.29, 0.717) is 0 Å². The molecule has 1 fully saturated rings. The van der Waals surface area contributed by atoms with E-state index in [9.17, 15) is 18.4 Å². The lowest BCUT2D eigenvalue weighted by atomic mass is 9.88. The first kappa shape index (κ1) is 17.4. The Kier molecular flexibility index (Phi) is 4.25. The molecule has 3 atom stereocenters. The molecule has 1 heterocycles. The first-order chi connectivity index (χ1) is 10.5. The zero-order valence-electron chi connectivity index (χ0n) is 13.4. The van der Waals surface area contributed by atoms with E-state index in [1.165, 1.54) is 6.92 Å². The molecule has 1 N–H and O–H groups in total. The SMILES string of the molecule is CC(C)(C)OC(=O)NC1=N[C@](C)([C@H]2C[C@@H]2OC=O)C(F)(F)CO1. The molecule has 0 bridgehead atoms. The van der Waals surface area contributed by atoms with Crippen LogP contribution in [0.3, 0.4) is 0 Å². The highest BCUT2D eigenvalue weighted by Gasteiger charge is 2.66. The van der Waals surface area contributed by atoms with Gasteiger partial charge in [-0.05, 0) is 34.1 Å². The number of alkyl halides is 2. The fraction of sp³-hybridized carbons (Fsp3) is 0.786. The molecule has 0 saturated heterocycles. The summed E-state index contributed by atoms with van der Waals surface area (Å²) in [5, 5.41) is 2.22. The van der Waals surface area contributed by atoms with E-state index in [0.717, 1.165) is 0 Å². The molecule has 0 aromatic rings. The van der Waals surface area contributed by atoms with Crippen LogP contribution in [0.25, 0.3) is 0 Å². The van der Waals surface area contributed by atoms with Gasteiger partial charge in [-0.1, -0.05) is 0 Å². The van der Waals surface area contributed by atoms with Crippen molar-refractivity contribution < 1.29 is 32.6 Å². The third kappa shape index (κ3) is 3.70. The number of amidine groups is 1. The monoisotopic (exact) mass is 334 g/mol. The van der Waals surface area contributed by atoms with Gasteiger partial charge in [0.05, 0.1) is 0 Å². The topological polar surface area (TPSA) is 86.2 Å². The van der Waals surface area contributed by atoms with Gasteiger partial charge < -0.3 is 14.2 Å². The van der Waals surface area contributed by atoms with E-state index in [4.69, 9.17) is 14.2 Å². The van der Waals surface area contributed by atoms with Crippen molar-refractivity contribution in [2.75, 3.05) is 6.61 Å². The standard InChI is InChI=1S/C14H20F2N2O5/c1-12(2,3)23-11(20)17-10-18-13(4,14(15,16)6-21-10)8-5-9(8)22-7-19/h7-9H,5-6H2,1-4H3,(H,17,18,20)/t8-,9-,13+/m0/s1. The molecule has 130 valence electrons. The number of carbonyl (C=O) groups is 2. The summed E-state index contributed by atoms with van der Waals surface area (Å²) in [6, 6.07) is -0.329. The molecule has 1 saturated carbocycles. The van der Waals surface area contributed by atoms with Crippen LogP contribution in [0, 0.1) is 5.92 Å². The maximum Gasteiger partial charge on any atom is 0.415 e.